The smallest absolute Gasteiger partial charge is 0.225 e. The number of oxazole rings is 1. The van der Waals surface area contributed by atoms with Crippen molar-refractivity contribution in [1.82, 2.24) is 9.88 Å². The number of carbonyl (C=O) groups is 1. The van der Waals surface area contributed by atoms with Crippen molar-refractivity contribution in [3.05, 3.63) is 30.2 Å². The summed E-state index contributed by atoms with van der Waals surface area (Å²) in [6, 6.07) is 5.78. The Labute approximate surface area is 112 Å². The fourth-order valence-electron chi connectivity index (χ4n) is 2.10. The summed E-state index contributed by atoms with van der Waals surface area (Å²) in [4.78, 5) is 17.9. The topological polar surface area (TPSA) is 72.4 Å². The molecule has 0 saturated carbocycles. The van der Waals surface area contributed by atoms with E-state index in [9.17, 15) is 4.79 Å². The largest absolute Gasteiger partial charge is 0.443 e. The summed E-state index contributed by atoms with van der Waals surface area (Å²) < 4.78 is 5.26. The average Bonchev–Trinajstić information content (AvgIpc) is 2.85. The molecule has 1 unspecified atom stereocenters. The van der Waals surface area contributed by atoms with E-state index in [0.29, 0.717) is 19.5 Å². The van der Waals surface area contributed by atoms with E-state index in [-0.39, 0.29) is 11.8 Å². The zero-order chi connectivity index (χ0) is 13.8. The molecule has 1 aromatic heterocycles. The zero-order valence-electron chi connectivity index (χ0n) is 11.3. The molecule has 5 heteroatoms. The normalized spacial score (nSPS) is 12.6. The van der Waals surface area contributed by atoms with Gasteiger partial charge in [-0.3, -0.25) is 4.79 Å². The number of nitrogens with two attached hydrogens (primary N) is 1. The molecule has 0 radical (unpaired) electrons. The van der Waals surface area contributed by atoms with Crippen LogP contribution in [-0.2, 0) is 11.3 Å². The van der Waals surface area contributed by atoms with Crippen LogP contribution in [-0.4, -0.2) is 29.4 Å². The molecule has 1 atom stereocenters. The fraction of sp³-hybridized carbons (Fsp3) is 0.429. The number of fused-ring (bicyclic) bond motifs is 1. The van der Waals surface area contributed by atoms with Crippen molar-refractivity contribution < 1.29 is 9.21 Å². The van der Waals surface area contributed by atoms with Crippen LogP contribution in [0.2, 0.25) is 0 Å². The summed E-state index contributed by atoms with van der Waals surface area (Å²) in [5, 5.41) is 0. The molecule has 0 aliphatic rings. The second-order valence-corrected chi connectivity index (χ2v) is 4.83. The second-order valence-electron chi connectivity index (χ2n) is 4.83. The maximum absolute atomic E-state index is 12.1. The Morgan fingerprint density at radius 3 is 3.05 bits per heavy atom. The maximum Gasteiger partial charge on any atom is 0.225 e. The van der Waals surface area contributed by atoms with Crippen LogP contribution in [0.5, 0.6) is 0 Å². The van der Waals surface area contributed by atoms with E-state index in [1.165, 1.54) is 6.39 Å². The average molecular weight is 261 g/mol. The lowest BCUT2D eigenvalue weighted by Gasteiger charge is -2.21. The van der Waals surface area contributed by atoms with Crippen molar-refractivity contribution in [1.29, 1.82) is 0 Å². The predicted molar refractivity (Wildman–Crippen MR) is 73.3 cm³/mol. The molecular weight excluding hydrogens is 242 g/mol. The van der Waals surface area contributed by atoms with Crippen LogP contribution in [0.3, 0.4) is 0 Å². The van der Waals surface area contributed by atoms with Gasteiger partial charge in [0.1, 0.15) is 5.52 Å². The first-order chi connectivity index (χ1) is 9.11. The van der Waals surface area contributed by atoms with Gasteiger partial charge in [-0.05, 0) is 30.7 Å². The van der Waals surface area contributed by atoms with Gasteiger partial charge in [-0.1, -0.05) is 13.0 Å². The Kier molecular flexibility index (Phi) is 4.16. The lowest BCUT2D eigenvalue weighted by molar-refractivity contribution is -0.134. The highest BCUT2D eigenvalue weighted by atomic mass is 16.3. The predicted octanol–water partition coefficient (Wildman–Crippen LogP) is 1.77. The van der Waals surface area contributed by atoms with Gasteiger partial charge < -0.3 is 15.1 Å². The summed E-state index contributed by atoms with van der Waals surface area (Å²) >= 11 is 0. The molecule has 5 nitrogen and oxygen atoms in total. The van der Waals surface area contributed by atoms with Gasteiger partial charge in [0.15, 0.2) is 12.0 Å². The standard InChI is InChI=1S/C14H19N3O2/c1-10(5-6-15)14(18)17(2)8-11-3-4-12-13(7-11)19-9-16-12/h3-4,7,9-10H,5-6,8,15H2,1-2H3. The minimum absolute atomic E-state index is 0.0380. The number of nitrogens with zero attached hydrogens (tertiary/aromatic N) is 2. The lowest BCUT2D eigenvalue weighted by atomic mass is 10.1. The molecule has 2 rings (SSSR count). The minimum Gasteiger partial charge on any atom is -0.443 e. The number of rotatable bonds is 5. The van der Waals surface area contributed by atoms with Gasteiger partial charge in [0.2, 0.25) is 5.91 Å². The molecule has 1 heterocycles. The van der Waals surface area contributed by atoms with Crippen LogP contribution >= 0.6 is 0 Å². The Morgan fingerprint density at radius 1 is 1.53 bits per heavy atom. The molecule has 0 saturated heterocycles. The van der Waals surface area contributed by atoms with Gasteiger partial charge in [-0.25, -0.2) is 4.98 Å². The molecule has 0 aliphatic heterocycles. The van der Waals surface area contributed by atoms with Gasteiger partial charge in [0.05, 0.1) is 0 Å². The highest BCUT2D eigenvalue weighted by Crippen LogP contribution is 2.16. The van der Waals surface area contributed by atoms with Crippen LogP contribution in [0.15, 0.2) is 29.0 Å². The van der Waals surface area contributed by atoms with Crippen molar-refractivity contribution in [2.45, 2.75) is 19.9 Å². The summed E-state index contributed by atoms with van der Waals surface area (Å²) in [6.07, 6.45) is 2.14. The third-order valence-corrected chi connectivity index (χ3v) is 3.21. The number of carbonyl (C=O) groups excluding carboxylic acids is 1. The molecule has 1 aromatic carbocycles. The van der Waals surface area contributed by atoms with E-state index in [1.54, 1.807) is 11.9 Å². The number of benzene rings is 1. The Balaban J connectivity index is 2.05. The van der Waals surface area contributed by atoms with Crippen molar-refractivity contribution >= 4 is 17.0 Å². The number of amides is 1. The van der Waals surface area contributed by atoms with E-state index in [0.717, 1.165) is 16.7 Å². The lowest BCUT2D eigenvalue weighted by Crippen LogP contribution is -2.32. The minimum atomic E-state index is -0.0380. The first-order valence-corrected chi connectivity index (χ1v) is 6.39. The monoisotopic (exact) mass is 261 g/mol. The summed E-state index contributed by atoms with van der Waals surface area (Å²) in [5.74, 6) is 0.0760. The Bertz CT molecular complexity index is 565. The number of aromatic nitrogens is 1. The third kappa shape index (κ3) is 3.12. The van der Waals surface area contributed by atoms with Crippen molar-refractivity contribution in [3.8, 4) is 0 Å². The van der Waals surface area contributed by atoms with Crippen molar-refractivity contribution in [3.63, 3.8) is 0 Å². The number of hydrogen-bond donors (Lipinski definition) is 1. The number of hydrogen-bond acceptors (Lipinski definition) is 4. The van der Waals surface area contributed by atoms with Crippen LogP contribution in [0.4, 0.5) is 0 Å². The molecular formula is C14H19N3O2. The fourth-order valence-corrected chi connectivity index (χ4v) is 2.10. The van der Waals surface area contributed by atoms with Crippen LogP contribution < -0.4 is 5.73 Å². The van der Waals surface area contributed by atoms with Crippen LogP contribution in [0, 0.1) is 5.92 Å². The van der Waals surface area contributed by atoms with E-state index in [2.05, 4.69) is 4.98 Å². The van der Waals surface area contributed by atoms with E-state index in [4.69, 9.17) is 10.2 Å². The van der Waals surface area contributed by atoms with Gasteiger partial charge in [0, 0.05) is 19.5 Å². The summed E-state index contributed by atoms with van der Waals surface area (Å²) in [6.45, 7) is 3.00. The van der Waals surface area contributed by atoms with Crippen LogP contribution in [0.1, 0.15) is 18.9 Å². The highest BCUT2D eigenvalue weighted by molar-refractivity contribution is 5.78. The molecule has 0 bridgehead atoms. The first-order valence-electron chi connectivity index (χ1n) is 6.39. The van der Waals surface area contributed by atoms with Gasteiger partial charge in [0.25, 0.3) is 0 Å². The van der Waals surface area contributed by atoms with Gasteiger partial charge in [-0.15, -0.1) is 0 Å². The van der Waals surface area contributed by atoms with Gasteiger partial charge in [-0.2, -0.15) is 0 Å². The maximum atomic E-state index is 12.1. The Morgan fingerprint density at radius 2 is 2.32 bits per heavy atom. The molecule has 0 aliphatic carbocycles. The molecule has 2 N–H and O–H groups in total. The summed E-state index contributed by atoms with van der Waals surface area (Å²) in [5.41, 5.74) is 8.08. The second kappa shape index (κ2) is 5.84. The highest BCUT2D eigenvalue weighted by Gasteiger charge is 2.17. The summed E-state index contributed by atoms with van der Waals surface area (Å²) in [7, 11) is 1.81. The SMILES string of the molecule is CC(CCN)C(=O)N(C)Cc1ccc2ncoc2c1. The molecule has 0 spiro atoms. The van der Waals surface area contributed by atoms with E-state index < -0.39 is 0 Å². The quantitative estimate of drug-likeness (QED) is 0.890. The van der Waals surface area contributed by atoms with Gasteiger partial charge >= 0.3 is 0 Å². The van der Waals surface area contributed by atoms with E-state index >= 15 is 0 Å². The molecule has 1 amide bonds. The van der Waals surface area contributed by atoms with Crippen molar-refractivity contribution in [2.75, 3.05) is 13.6 Å². The zero-order valence-corrected chi connectivity index (χ0v) is 11.3. The molecule has 2 aromatic rings. The van der Waals surface area contributed by atoms with E-state index in [1.807, 2.05) is 25.1 Å². The Hall–Kier alpha value is -1.88. The van der Waals surface area contributed by atoms with Crippen LogP contribution in [0.25, 0.3) is 11.1 Å². The van der Waals surface area contributed by atoms with Crippen molar-refractivity contribution in [2.24, 2.45) is 11.7 Å². The molecule has 19 heavy (non-hydrogen) atoms. The molecule has 102 valence electrons. The molecule has 0 fully saturated rings. The third-order valence-electron chi connectivity index (χ3n) is 3.21. The first kappa shape index (κ1) is 13.5.